The van der Waals surface area contributed by atoms with Crippen LogP contribution in [0.15, 0.2) is 12.1 Å². The molecular weight excluding hydrogens is 260 g/mol. The molecule has 0 aliphatic rings. The quantitative estimate of drug-likeness (QED) is 0.897. The largest absolute Gasteiger partial charge is 0.318 e. The van der Waals surface area contributed by atoms with E-state index in [2.05, 4.69) is 44.8 Å². The fraction of sp³-hybridized carbons (Fsp3) is 0.500. The number of hydrogen-bond acceptors (Lipinski definition) is 4. The van der Waals surface area contributed by atoms with Crippen molar-refractivity contribution in [2.75, 3.05) is 0 Å². The van der Waals surface area contributed by atoms with Crippen LogP contribution in [-0.4, -0.2) is 4.98 Å². The van der Waals surface area contributed by atoms with Crippen LogP contribution in [0.5, 0.6) is 0 Å². The normalized spacial score (nSPS) is 13.9. The zero-order chi connectivity index (χ0) is 13.5. The van der Waals surface area contributed by atoms with Gasteiger partial charge in [-0.1, -0.05) is 20.8 Å². The molecule has 0 saturated heterocycles. The van der Waals surface area contributed by atoms with Crippen LogP contribution in [0.25, 0.3) is 0 Å². The van der Waals surface area contributed by atoms with Crippen molar-refractivity contribution < 1.29 is 0 Å². The number of nitrogens with two attached hydrogens (primary N) is 1. The Labute approximate surface area is 117 Å². The summed E-state index contributed by atoms with van der Waals surface area (Å²) in [5.41, 5.74) is 7.60. The van der Waals surface area contributed by atoms with Crippen LogP contribution < -0.4 is 5.73 Å². The first-order valence-electron chi connectivity index (χ1n) is 6.09. The minimum atomic E-state index is -0.0801. The summed E-state index contributed by atoms with van der Waals surface area (Å²) in [5.74, 6) is 0. The first-order chi connectivity index (χ1) is 8.29. The van der Waals surface area contributed by atoms with E-state index in [4.69, 9.17) is 5.73 Å². The van der Waals surface area contributed by atoms with E-state index in [9.17, 15) is 0 Å². The number of thiophene rings is 1. The fourth-order valence-corrected chi connectivity index (χ4v) is 3.76. The predicted octanol–water partition coefficient (Wildman–Crippen LogP) is 4.17. The zero-order valence-corrected chi connectivity index (χ0v) is 13.2. The number of hydrogen-bond donors (Lipinski definition) is 1. The summed E-state index contributed by atoms with van der Waals surface area (Å²) in [6.07, 6.45) is 0. The van der Waals surface area contributed by atoms with Crippen LogP contribution in [0.3, 0.4) is 0 Å². The topological polar surface area (TPSA) is 38.9 Å². The first kappa shape index (κ1) is 13.7. The molecule has 4 heteroatoms. The third kappa shape index (κ3) is 2.66. The molecule has 0 fully saturated rings. The van der Waals surface area contributed by atoms with Crippen molar-refractivity contribution in [3.05, 3.63) is 37.5 Å². The van der Waals surface area contributed by atoms with Gasteiger partial charge in [-0.15, -0.1) is 22.7 Å². The lowest BCUT2D eigenvalue weighted by molar-refractivity contribution is 0.604. The lowest BCUT2D eigenvalue weighted by atomic mass is 9.95. The van der Waals surface area contributed by atoms with Gasteiger partial charge in [-0.05, 0) is 31.4 Å². The molecule has 1 unspecified atom stereocenters. The standard InChI is InChI=1S/C14H20N2S2/c1-8-9(2)17-13(16-8)12(15)10-6-7-11(18-10)14(3,4)5/h6-7,12H,15H2,1-5H3. The summed E-state index contributed by atoms with van der Waals surface area (Å²) in [6.45, 7) is 10.8. The molecule has 2 heterocycles. The van der Waals surface area contributed by atoms with Gasteiger partial charge in [0, 0.05) is 14.6 Å². The summed E-state index contributed by atoms with van der Waals surface area (Å²) in [5, 5.41) is 1.02. The van der Waals surface area contributed by atoms with Gasteiger partial charge in [0.25, 0.3) is 0 Å². The number of rotatable bonds is 2. The van der Waals surface area contributed by atoms with E-state index in [1.807, 2.05) is 6.92 Å². The average molecular weight is 280 g/mol. The molecule has 0 spiro atoms. The van der Waals surface area contributed by atoms with Crippen LogP contribution >= 0.6 is 22.7 Å². The van der Waals surface area contributed by atoms with E-state index in [0.29, 0.717) is 0 Å². The molecule has 1 atom stereocenters. The molecule has 2 N–H and O–H groups in total. The first-order valence-corrected chi connectivity index (χ1v) is 7.72. The molecule has 0 aliphatic heterocycles. The Bertz CT molecular complexity index is 527. The molecule has 2 rings (SSSR count). The highest BCUT2D eigenvalue weighted by atomic mass is 32.1. The number of thiazole rings is 1. The van der Waals surface area contributed by atoms with E-state index in [-0.39, 0.29) is 11.5 Å². The van der Waals surface area contributed by atoms with Gasteiger partial charge in [0.05, 0.1) is 11.7 Å². The van der Waals surface area contributed by atoms with Crippen LogP contribution in [0.2, 0.25) is 0 Å². The van der Waals surface area contributed by atoms with Gasteiger partial charge in [-0.2, -0.15) is 0 Å². The van der Waals surface area contributed by atoms with Gasteiger partial charge in [0.15, 0.2) is 0 Å². The van der Waals surface area contributed by atoms with Crippen molar-refractivity contribution >= 4 is 22.7 Å². The Morgan fingerprint density at radius 3 is 2.28 bits per heavy atom. The van der Waals surface area contributed by atoms with Gasteiger partial charge < -0.3 is 5.73 Å². The summed E-state index contributed by atoms with van der Waals surface area (Å²) in [7, 11) is 0. The molecule has 0 radical (unpaired) electrons. The van der Waals surface area contributed by atoms with E-state index >= 15 is 0 Å². The summed E-state index contributed by atoms with van der Waals surface area (Å²) >= 11 is 3.50. The molecular formula is C14H20N2S2. The summed E-state index contributed by atoms with van der Waals surface area (Å²) in [6, 6.07) is 4.25. The maximum Gasteiger partial charge on any atom is 0.115 e. The van der Waals surface area contributed by atoms with E-state index < -0.39 is 0 Å². The van der Waals surface area contributed by atoms with Gasteiger partial charge in [-0.25, -0.2) is 4.98 Å². The molecule has 0 amide bonds. The fourth-order valence-electron chi connectivity index (χ4n) is 1.68. The van der Waals surface area contributed by atoms with Gasteiger partial charge in [0.2, 0.25) is 0 Å². The van der Waals surface area contributed by atoms with Crippen LogP contribution in [0, 0.1) is 13.8 Å². The van der Waals surface area contributed by atoms with Crippen LogP contribution in [0.4, 0.5) is 0 Å². The molecule has 18 heavy (non-hydrogen) atoms. The van der Waals surface area contributed by atoms with E-state index in [0.717, 1.165) is 10.7 Å². The van der Waals surface area contributed by atoms with Gasteiger partial charge >= 0.3 is 0 Å². The Kier molecular flexibility index (Phi) is 3.63. The molecule has 0 aromatic carbocycles. The molecule has 2 aromatic heterocycles. The van der Waals surface area contributed by atoms with Crippen molar-refractivity contribution in [2.45, 2.75) is 46.1 Å². The maximum absolute atomic E-state index is 6.31. The number of aryl methyl sites for hydroxylation is 2. The number of aromatic nitrogens is 1. The Morgan fingerprint density at radius 2 is 1.83 bits per heavy atom. The predicted molar refractivity (Wildman–Crippen MR) is 80.6 cm³/mol. The van der Waals surface area contributed by atoms with Crippen molar-refractivity contribution in [1.82, 2.24) is 4.98 Å². The third-order valence-corrected chi connectivity index (χ3v) is 5.73. The molecule has 98 valence electrons. The van der Waals surface area contributed by atoms with Crippen molar-refractivity contribution in [1.29, 1.82) is 0 Å². The van der Waals surface area contributed by atoms with Crippen molar-refractivity contribution in [3.8, 4) is 0 Å². The molecule has 0 saturated carbocycles. The summed E-state index contributed by atoms with van der Waals surface area (Å²) in [4.78, 5) is 8.39. The lowest BCUT2D eigenvalue weighted by Gasteiger charge is -2.15. The second-order valence-electron chi connectivity index (χ2n) is 5.62. The van der Waals surface area contributed by atoms with Gasteiger partial charge in [-0.3, -0.25) is 0 Å². The third-order valence-electron chi connectivity index (χ3n) is 2.98. The minimum absolute atomic E-state index is 0.0801. The Hall–Kier alpha value is -0.710. The second kappa shape index (κ2) is 4.76. The Balaban J connectivity index is 2.29. The van der Waals surface area contributed by atoms with Crippen LogP contribution in [-0.2, 0) is 5.41 Å². The Morgan fingerprint density at radius 1 is 1.17 bits per heavy atom. The highest BCUT2D eigenvalue weighted by Crippen LogP contribution is 2.35. The minimum Gasteiger partial charge on any atom is -0.318 e. The SMILES string of the molecule is Cc1nc(C(N)c2ccc(C(C)(C)C)s2)sc1C. The van der Waals surface area contributed by atoms with Gasteiger partial charge in [0.1, 0.15) is 5.01 Å². The van der Waals surface area contributed by atoms with E-state index in [1.165, 1.54) is 14.6 Å². The zero-order valence-electron chi connectivity index (χ0n) is 11.6. The van der Waals surface area contributed by atoms with E-state index in [1.54, 1.807) is 22.7 Å². The summed E-state index contributed by atoms with van der Waals surface area (Å²) < 4.78 is 0. The van der Waals surface area contributed by atoms with Crippen LogP contribution in [0.1, 0.15) is 52.1 Å². The van der Waals surface area contributed by atoms with Crippen molar-refractivity contribution in [3.63, 3.8) is 0 Å². The number of nitrogens with zero attached hydrogens (tertiary/aromatic N) is 1. The molecule has 0 bridgehead atoms. The highest BCUT2D eigenvalue weighted by molar-refractivity contribution is 7.13. The highest BCUT2D eigenvalue weighted by Gasteiger charge is 2.20. The molecule has 2 aromatic rings. The monoisotopic (exact) mass is 280 g/mol. The smallest absolute Gasteiger partial charge is 0.115 e. The van der Waals surface area contributed by atoms with Crippen molar-refractivity contribution in [2.24, 2.45) is 5.73 Å². The maximum atomic E-state index is 6.31. The lowest BCUT2D eigenvalue weighted by Crippen LogP contribution is -2.10. The second-order valence-corrected chi connectivity index (χ2v) is 7.97. The molecule has 0 aliphatic carbocycles. The average Bonchev–Trinajstić information content (AvgIpc) is 2.85. The molecule has 2 nitrogen and oxygen atoms in total.